The molecule has 1 aromatic rings. The van der Waals surface area contributed by atoms with Crippen LogP contribution in [0, 0.1) is 12.8 Å². The standard InChI is InChI=1S/C14H18O/c1-11-6-5-9-13(10-11)14(15)12-7-3-2-4-8-12/h2-3,5-6,9-10,12,14-15H,4,7-8H2,1H3. The van der Waals surface area contributed by atoms with Gasteiger partial charge in [0.2, 0.25) is 0 Å². The molecule has 0 amide bonds. The quantitative estimate of drug-likeness (QED) is 0.729. The van der Waals surface area contributed by atoms with Crippen LogP contribution < -0.4 is 0 Å². The average Bonchev–Trinajstić information content (AvgIpc) is 2.29. The normalized spacial score (nSPS) is 22.7. The van der Waals surface area contributed by atoms with Gasteiger partial charge < -0.3 is 5.11 Å². The van der Waals surface area contributed by atoms with Crippen LogP contribution in [0.2, 0.25) is 0 Å². The van der Waals surface area contributed by atoms with E-state index in [1.54, 1.807) is 0 Å². The maximum absolute atomic E-state index is 10.2. The molecule has 2 unspecified atom stereocenters. The fraction of sp³-hybridized carbons (Fsp3) is 0.429. The second-order valence-electron chi connectivity index (χ2n) is 4.40. The second kappa shape index (κ2) is 4.63. The first-order valence-electron chi connectivity index (χ1n) is 5.67. The van der Waals surface area contributed by atoms with Crippen LogP contribution in [-0.2, 0) is 0 Å². The Labute approximate surface area is 91.4 Å². The summed E-state index contributed by atoms with van der Waals surface area (Å²) >= 11 is 0. The summed E-state index contributed by atoms with van der Waals surface area (Å²) in [6.07, 6.45) is 7.32. The minimum Gasteiger partial charge on any atom is -0.388 e. The highest BCUT2D eigenvalue weighted by Crippen LogP contribution is 2.31. The second-order valence-corrected chi connectivity index (χ2v) is 4.40. The predicted molar refractivity (Wildman–Crippen MR) is 62.6 cm³/mol. The summed E-state index contributed by atoms with van der Waals surface area (Å²) in [5.41, 5.74) is 2.29. The molecule has 15 heavy (non-hydrogen) atoms. The van der Waals surface area contributed by atoms with Gasteiger partial charge in [0.25, 0.3) is 0 Å². The molecule has 0 bridgehead atoms. The summed E-state index contributed by atoms with van der Waals surface area (Å²) in [6, 6.07) is 8.20. The zero-order chi connectivity index (χ0) is 10.7. The summed E-state index contributed by atoms with van der Waals surface area (Å²) in [6.45, 7) is 2.07. The molecule has 1 heteroatoms. The molecule has 1 N–H and O–H groups in total. The van der Waals surface area contributed by atoms with Gasteiger partial charge in [0.1, 0.15) is 0 Å². The summed E-state index contributed by atoms with van der Waals surface area (Å²) < 4.78 is 0. The predicted octanol–water partition coefficient (Wildman–Crippen LogP) is 3.38. The van der Waals surface area contributed by atoms with E-state index >= 15 is 0 Å². The molecule has 0 spiro atoms. The van der Waals surface area contributed by atoms with Crippen molar-refractivity contribution in [2.75, 3.05) is 0 Å². The van der Waals surface area contributed by atoms with Gasteiger partial charge in [-0.25, -0.2) is 0 Å². The van der Waals surface area contributed by atoms with Crippen molar-refractivity contribution in [2.45, 2.75) is 32.3 Å². The number of rotatable bonds is 2. The highest BCUT2D eigenvalue weighted by atomic mass is 16.3. The van der Waals surface area contributed by atoms with E-state index in [1.807, 2.05) is 12.1 Å². The average molecular weight is 202 g/mol. The number of aryl methyl sites for hydroxylation is 1. The maximum Gasteiger partial charge on any atom is 0.0821 e. The molecule has 2 atom stereocenters. The molecule has 1 aliphatic rings. The van der Waals surface area contributed by atoms with E-state index < -0.39 is 0 Å². The number of aliphatic hydroxyl groups excluding tert-OH is 1. The van der Waals surface area contributed by atoms with Crippen LogP contribution >= 0.6 is 0 Å². The Kier molecular flexibility index (Phi) is 3.22. The lowest BCUT2D eigenvalue weighted by molar-refractivity contribution is 0.102. The van der Waals surface area contributed by atoms with E-state index in [-0.39, 0.29) is 6.10 Å². The fourth-order valence-electron chi connectivity index (χ4n) is 2.23. The molecule has 0 saturated carbocycles. The summed E-state index contributed by atoms with van der Waals surface area (Å²) in [4.78, 5) is 0. The molecule has 0 heterocycles. The van der Waals surface area contributed by atoms with Gasteiger partial charge in [-0.3, -0.25) is 0 Å². The van der Waals surface area contributed by atoms with Crippen LogP contribution in [-0.4, -0.2) is 5.11 Å². The molecular weight excluding hydrogens is 184 g/mol. The van der Waals surface area contributed by atoms with Gasteiger partial charge in [-0.05, 0) is 37.7 Å². The van der Waals surface area contributed by atoms with Gasteiger partial charge in [0, 0.05) is 0 Å². The molecule has 0 saturated heterocycles. The van der Waals surface area contributed by atoms with Crippen molar-refractivity contribution >= 4 is 0 Å². The van der Waals surface area contributed by atoms with Gasteiger partial charge in [0.15, 0.2) is 0 Å². The molecule has 1 nitrogen and oxygen atoms in total. The lowest BCUT2D eigenvalue weighted by Gasteiger charge is -2.24. The van der Waals surface area contributed by atoms with E-state index in [0.717, 1.165) is 24.8 Å². The smallest absolute Gasteiger partial charge is 0.0821 e. The molecule has 1 aliphatic carbocycles. The monoisotopic (exact) mass is 202 g/mol. The minimum absolute atomic E-state index is 0.296. The van der Waals surface area contributed by atoms with Crippen LogP contribution in [0.25, 0.3) is 0 Å². The highest BCUT2D eigenvalue weighted by molar-refractivity contribution is 5.24. The van der Waals surface area contributed by atoms with Crippen LogP contribution in [0.5, 0.6) is 0 Å². The van der Waals surface area contributed by atoms with Crippen molar-refractivity contribution < 1.29 is 5.11 Å². The van der Waals surface area contributed by atoms with E-state index in [2.05, 4.69) is 31.2 Å². The number of allylic oxidation sites excluding steroid dienone is 2. The summed E-state index contributed by atoms with van der Waals surface area (Å²) in [5, 5.41) is 10.2. The highest BCUT2D eigenvalue weighted by Gasteiger charge is 2.20. The van der Waals surface area contributed by atoms with Crippen molar-refractivity contribution in [1.29, 1.82) is 0 Å². The van der Waals surface area contributed by atoms with Crippen molar-refractivity contribution in [3.05, 3.63) is 47.5 Å². The largest absolute Gasteiger partial charge is 0.388 e. The summed E-state index contributed by atoms with van der Waals surface area (Å²) in [5.74, 6) is 0.400. The Bertz CT molecular complexity index is 354. The van der Waals surface area contributed by atoms with E-state index in [1.165, 1.54) is 5.56 Å². The third-order valence-electron chi connectivity index (χ3n) is 3.14. The van der Waals surface area contributed by atoms with Crippen molar-refractivity contribution in [2.24, 2.45) is 5.92 Å². The minimum atomic E-state index is -0.296. The molecule has 2 rings (SSSR count). The van der Waals surface area contributed by atoms with Crippen molar-refractivity contribution in [3.63, 3.8) is 0 Å². The van der Waals surface area contributed by atoms with Gasteiger partial charge in [-0.2, -0.15) is 0 Å². The fourth-order valence-corrected chi connectivity index (χ4v) is 2.23. The topological polar surface area (TPSA) is 20.2 Å². The third-order valence-corrected chi connectivity index (χ3v) is 3.14. The van der Waals surface area contributed by atoms with E-state index in [0.29, 0.717) is 5.92 Å². The van der Waals surface area contributed by atoms with Gasteiger partial charge in [0.05, 0.1) is 6.10 Å². The first kappa shape index (κ1) is 10.4. The summed E-state index contributed by atoms with van der Waals surface area (Å²) in [7, 11) is 0. The van der Waals surface area contributed by atoms with Gasteiger partial charge >= 0.3 is 0 Å². The Morgan fingerprint density at radius 2 is 2.20 bits per heavy atom. The SMILES string of the molecule is Cc1cccc(C(O)C2CC=CCC2)c1. The molecule has 0 aromatic heterocycles. The number of aliphatic hydroxyl groups is 1. The number of hydrogen-bond acceptors (Lipinski definition) is 1. The zero-order valence-electron chi connectivity index (χ0n) is 9.19. The lowest BCUT2D eigenvalue weighted by Crippen LogP contribution is -2.13. The van der Waals surface area contributed by atoms with Crippen molar-refractivity contribution in [3.8, 4) is 0 Å². The lowest BCUT2D eigenvalue weighted by atomic mass is 9.86. The van der Waals surface area contributed by atoms with Crippen molar-refractivity contribution in [1.82, 2.24) is 0 Å². The Morgan fingerprint density at radius 3 is 2.87 bits per heavy atom. The molecule has 0 aliphatic heterocycles. The Hall–Kier alpha value is -1.08. The molecule has 80 valence electrons. The van der Waals surface area contributed by atoms with E-state index in [9.17, 15) is 5.11 Å². The molecule has 0 fully saturated rings. The Morgan fingerprint density at radius 1 is 1.33 bits per heavy atom. The zero-order valence-corrected chi connectivity index (χ0v) is 9.19. The Balaban J connectivity index is 2.12. The van der Waals surface area contributed by atoms with E-state index in [4.69, 9.17) is 0 Å². The first-order chi connectivity index (χ1) is 7.27. The number of benzene rings is 1. The van der Waals surface area contributed by atoms with Crippen LogP contribution in [0.1, 0.15) is 36.5 Å². The molecule has 0 radical (unpaired) electrons. The maximum atomic E-state index is 10.2. The van der Waals surface area contributed by atoms with Crippen LogP contribution in [0.15, 0.2) is 36.4 Å². The van der Waals surface area contributed by atoms with Crippen LogP contribution in [0.3, 0.4) is 0 Å². The number of hydrogen-bond donors (Lipinski definition) is 1. The molecular formula is C14H18O. The van der Waals surface area contributed by atoms with Crippen LogP contribution in [0.4, 0.5) is 0 Å². The molecule has 1 aromatic carbocycles. The third kappa shape index (κ3) is 2.48. The first-order valence-corrected chi connectivity index (χ1v) is 5.67. The van der Waals surface area contributed by atoms with Gasteiger partial charge in [-0.15, -0.1) is 0 Å². The van der Waals surface area contributed by atoms with Gasteiger partial charge in [-0.1, -0.05) is 42.0 Å².